The van der Waals surface area contributed by atoms with Gasteiger partial charge in [-0.15, -0.1) is 0 Å². The van der Waals surface area contributed by atoms with Gasteiger partial charge in [-0.1, -0.05) is 51.8 Å². The molecule has 0 aliphatic heterocycles. The Kier molecular flexibility index (Phi) is 6.22. The zero-order chi connectivity index (χ0) is 11.8. The van der Waals surface area contributed by atoms with Crippen molar-refractivity contribution in [2.45, 2.75) is 65.7 Å². The summed E-state index contributed by atoms with van der Waals surface area (Å²) in [5.74, 6) is 0. The van der Waals surface area contributed by atoms with Crippen molar-refractivity contribution in [3.05, 3.63) is 34.9 Å². The highest BCUT2D eigenvalue weighted by Crippen LogP contribution is 2.17. The summed E-state index contributed by atoms with van der Waals surface area (Å²) < 4.78 is 0. The van der Waals surface area contributed by atoms with Crippen molar-refractivity contribution in [3.63, 3.8) is 0 Å². The number of hydrogen-bond acceptors (Lipinski definition) is 0. The van der Waals surface area contributed by atoms with Crippen molar-refractivity contribution in [2.24, 2.45) is 0 Å². The third kappa shape index (κ3) is 4.00. The summed E-state index contributed by atoms with van der Waals surface area (Å²) in [6.45, 7) is 6.79. The van der Waals surface area contributed by atoms with Gasteiger partial charge in [0, 0.05) is 0 Å². The Morgan fingerprint density at radius 2 is 1.50 bits per heavy atom. The zero-order valence-corrected chi connectivity index (χ0v) is 11.2. The highest BCUT2D eigenvalue weighted by Gasteiger charge is 2.02. The minimum absolute atomic E-state index is 1.17. The maximum Gasteiger partial charge on any atom is -0.0276 e. The second-order valence-corrected chi connectivity index (χ2v) is 4.66. The predicted octanol–water partition coefficient (Wildman–Crippen LogP) is 4.93. The first kappa shape index (κ1) is 13.3. The average Bonchev–Trinajstić information content (AvgIpc) is 2.33. The van der Waals surface area contributed by atoms with Crippen molar-refractivity contribution >= 4 is 0 Å². The largest absolute Gasteiger partial charge is 0.0654 e. The fourth-order valence-corrected chi connectivity index (χ4v) is 2.16. The molecule has 0 bridgehead atoms. The van der Waals surface area contributed by atoms with Gasteiger partial charge in [-0.3, -0.25) is 0 Å². The molecule has 0 saturated heterocycles. The maximum atomic E-state index is 2.45. The van der Waals surface area contributed by atoms with Crippen molar-refractivity contribution in [1.82, 2.24) is 0 Å². The van der Waals surface area contributed by atoms with Gasteiger partial charge in [0.15, 0.2) is 0 Å². The summed E-state index contributed by atoms with van der Waals surface area (Å²) in [5.41, 5.74) is 4.68. The van der Waals surface area contributed by atoms with E-state index in [2.05, 4.69) is 39.0 Å². The molecule has 0 heteroatoms. The van der Waals surface area contributed by atoms with Gasteiger partial charge in [-0.05, 0) is 48.8 Å². The first-order chi connectivity index (χ1) is 7.81. The van der Waals surface area contributed by atoms with Crippen LogP contribution in [0.1, 0.15) is 63.1 Å². The van der Waals surface area contributed by atoms with Crippen LogP contribution in [-0.2, 0) is 19.3 Å². The maximum absolute atomic E-state index is 2.45. The smallest absolute Gasteiger partial charge is 0.0276 e. The van der Waals surface area contributed by atoms with Crippen molar-refractivity contribution in [1.29, 1.82) is 0 Å². The molecule has 16 heavy (non-hydrogen) atoms. The summed E-state index contributed by atoms with van der Waals surface area (Å²) in [4.78, 5) is 0. The second kappa shape index (κ2) is 7.49. The van der Waals surface area contributed by atoms with Crippen molar-refractivity contribution in [3.8, 4) is 0 Å². The molecular weight excluding hydrogens is 192 g/mol. The van der Waals surface area contributed by atoms with E-state index in [1.54, 1.807) is 11.1 Å². The lowest BCUT2D eigenvalue weighted by atomic mass is 9.96. The van der Waals surface area contributed by atoms with E-state index in [1.165, 1.54) is 50.5 Å². The average molecular weight is 218 g/mol. The zero-order valence-electron chi connectivity index (χ0n) is 11.2. The van der Waals surface area contributed by atoms with Crippen LogP contribution in [0.2, 0.25) is 0 Å². The Balaban J connectivity index is 2.74. The normalized spacial score (nSPS) is 10.7. The molecule has 0 amide bonds. The van der Waals surface area contributed by atoms with Crippen molar-refractivity contribution in [2.75, 3.05) is 0 Å². The topological polar surface area (TPSA) is 0 Å². The third-order valence-electron chi connectivity index (χ3n) is 3.27. The van der Waals surface area contributed by atoms with E-state index in [-0.39, 0.29) is 0 Å². The standard InChI is InChI=1S/C16H26/c1-4-7-9-14-11-12-15(6-3)16(13-14)10-8-5-2/h11-13H,4-10H2,1-3H3. The summed E-state index contributed by atoms with van der Waals surface area (Å²) in [5, 5.41) is 0. The molecule has 90 valence electrons. The van der Waals surface area contributed by atoms with E-state index in [9.17, 15) is 0 Å². The Bertz CT molecular complexity index is 299. The predicted molar refractivity (Wildman–Crippen MR) is 73.0 cm³/mol. The van der Waals surface area contributed by atoms with Crippen LogP contribution in [0.3, 0.4) is 0 Å². The molecule has 0 aliphatic carbocycles. The fourth-order valence-electron chi connectivity index (χ4n) is 2.16. The van der Waals surface area contributed by atoms with Gasteiger partial charge in [0.05, 0.1) is 0 Å². The Labute approximate surface area is 101 Å². The van der Waals surface area contributed by atoms with E-state index in [1.807, 2.05) is 0 Å². The molecule has 0 heterocycles. The van der Waals surface area contributed by atoms with Gasteiger partial charge >= 0.3 is 0 Å². The highest BCUT2D eigenvalue weighted by atomic mass is 14.1. The molecule has 0 nitrogen and oxygen atoms in total. The van der Waals surface area contributed by atoms with Crippen LogP contribution in [0.5, 0.6) is 0 Å². The lowest BCUT2D eigenvalue weighted by Crippen LogP contribution is -1.96. The van der Waals surface area contributed by atoms with Crippen LogP contribution in [0.4, 0.5) is 0 Å². The molecule has 0 atom stereocenters. The minimum atomic E-state index is 1.17. The molecule has 0 unspecified atom stereocenters. The van der Waals surface area contributed by atoms with Gasteiger partial charge < -0.3 is 0 Å². The molecule has 0 spiro atoms. The van der Waals surface area contributed by atoms with Gasteiger partial charge in [0.2, 0.25) is 0 Å². The second-order valence-electron chi connectivity index (χ2n) is 4.66. The highest BCUT2D eigenvalue weighted by molar-refractivity contribution is 5.32. The van der Waals surface area contributed by atoms with Crippen LogP contribution in [-0.4, -0.2) is 0 Å². The van der Waals surface area contributed by atoms with Crippen molar-refractivity contribution < 1.29 is 0 Å². The molecule has 0 N–H and O–H groups in total. The third-order valence-corrected chi connectivity index (χ3v) is 3.27. The number of benzene rings is 1. The lowest BCUT2D eigenvalue weighted by molar-refractivity contribution is 0.774. The summed E-state index contributed by atoms with van der Waals surface area (Å²) in [6, 6.07) is 7.12. The van der Waals surface area contributed by atoms with E-state index in [0.717, 1.165) is 0 Å². The molecule has 0 aromatic heterocycles. The lowest BCUT2D eigenvalue weighted by Gasteiger charge is -2.10. The molecule has 1 aromatic carbocycles. The first-order valence-electron chi connectivity index (χ1n) is 6.92. The Morgan fingerprint density at radius 3 is 2.12 bits per heavy atom. The van der Waals surface area contributed by atoms with Crippen LogP contribution in [0.15, 0.2) is 18.2 Å². The number of unbranched alkanes of at least 4 members (excludes halogenated alkanes) is 2. The van der Waals surface area contributed by atoms with Gasteiger partial charge in [-0.2, -0.15) is 0 Å². The van der Waals surface area contributed by atoms with E-state index in [0.29, 0.717) is 0 Å². The molecule has 1 rings (SSSR count). The molecule has 0 radical (unpaired) electrons. The fraction of sp³-hybridized carbons (Fsp3) is 0.625. The van der Waals surface area contributed by atoms with Crippen LogP contribution in [0, 0.1) is 0 Å². The molecule has 0 fully saturated rings. The Hall–Kier alpha value is -0.780. The number of aryl methyl sites for hydroxylation is 3. The minimum Gasteiger partial charge on any atom is -0.0654 e. The van der Waals surface area contributed by atoms with Gasteiger partial charge in [0.25, 0.3) is 0 Å². The van der Waals surface area contributed by atoms with Gasteiger partial charge in [-0.25, -0.2) is 0 Å². The number of hydrogen-bond donors (Lipinski definition) is 0. The summed E-state index contributed by atoms with van der Waals surface area (Å²) >= 11 is 0. The number of rotatable bonds is 7. The quantitative estimate of drug-likeness (QED) is 0.608. The van der Waals surface area contributed by atoms with Crippen LogP contribution in [0.25, 0.3) is 0 Å². The SMILES string of the molecule is CCCCc1ccc(CC)c(CCCC)c1. The van der Waals surface area contributed by atoms with E-state index >= 15 is 0 Å². The summed E-state index contributed by atoms with van der Waals surface area (Å²) in [6.07, 6.45) is 8.91. The molecule has 0 saturated carbocycles. The van der Waals surface area contributed by atoms with Gasteiger partial charge in [0.1, 0.15) is 0 Å². The van der Waals surface area contributed by atoms with Crippen LogP contribution >= 0.6 is 0 Å². The monoisotopic (exact) mass is 218 g/mol. The molecule has 1 aromatic rings. The summed E-state index contributed by atoms with van der Waals surface area (Å²) in [7, 11) is 0. The Morgan fingerprint density at radius 1 is 0.812 bits per heavy atom. The first-order valence-corrected chi connectivity index (χ1v) is 6.92. The molecule has 0 aliphatic rings. The van der Waals surface area contributed by atoms with Crippen LogP contribution < -0.4 is 0 Å². The molecular formula is C16H26. The van der Waals surface area contributed by atoms with E-state index < -0.39 is 0 Å². The van der Waals surface area contributed by atoms with E-state index in [4.69, 9.17) is 0 Å².